The van der Waals surface area contributed by atoms with Crippen LogP contribution in [-0.2, 0) is 0 Å². The Kier molecular flexibility index (Phi) is 4.65. The van der Waals surface area contributed by atoms with Crippen LogP contribution in [-0.4, -0.2) is 27.4 Å². The zero-order valence-electron chi connectivity index (χ0n) is 10.5. The van der Waals surface area contributed by atoms with Gasteiger partial charge in [0, 0.05) is 17.6 Å². The molecule has 0 spiro atoms. The third-order valence-electron chi connectivity index (χ3n) is 2.45. The van der Waals surface area contributed by atoms with Gasteiger partial charge in [0.15, 0.2) is 6.29 Å². The maximum Gasteiger partial charge on any atom is 0.178 e. The van der Waals surface area contributed by atoms with Gasteiger partial charge >= 0.3 is 0 Å². The van der Waals surface area contributed by atoms with Gasteiger partial charge in [0.2, 0.25) is 0 Å². The molecular weight excluding hydrogens is 218 g/mol. The summed E-state index contributed by atoms with van der Waals surface area (Å²) in [5, 5.41) is 31.0. The van der Waals surface area contributed by atoms with Gasteiger partial charge in [0.05, 0.1) is 6.10 Å². The van der Waals surface area contributed by atoms with Crippen molar-refractivity contribution in [2.45, 2.75) is 38.7 Å². The van der Waals surface area contributed by atoms with Crippen LogP contribution in [0, 0.1) is 0 Å². The summed E-state index contributed by atoms with van der Waals surface area (Å²) in [6.07, 6.45) is -2.06. The summed E-state index contributed by atoms with van der Waals surface area (Å²) >= 11 is 0. The van der Waals surface area contributed by atoms with E-state index in [1.54, 1.807) is 24.3 Å². The van der Waals surface area contributed by atoms with E-state index in [1.165, 1.54) is 0 Å². The van der Waals surface area contributed by atoms with E-state index in [-0.39, 0.29) is 5.54 Å². The van der Waals surface area contributed by atoms with E-state index in [0.717, 1.165) is 5.56 Å². The van der Waals surface area contributed by atoms with Crippen molar-refractivity contribution in [3.05, 3.63) is 35.4 Å². The summed E-state index contributed by atoms with van der Waals surface area (Å²) in [6, 6.07) is 6.59. The van der Waals surface area contributed by atoms with Crippen molar-refractivity contribution in [3.63, 3.8) is 0 Å². The van der Waals surface area contributed by atoms with Gasteiger partial charge in [-0.05, 0) is 26.3 Å². The fourth-order valence-corrected chi connectivity index (χ4v) is 1.41. The number of aliphatic hydroxyl groups is 3. The van der Waals surface area contributed by atoms with Gasteiger partial charge in [0.25, 0.3) is 0 Å². The zero-order chi connectivity index (χ0) is 13.1. The number of nitrogens with one attached hydrogen (secondary N) is 1. The highest BCUT2D eigenvalue weighted by atomic mass is 16.5. The van der Waals surface area contributed by atoms with Crippen LogP contribution >= 0.6 is 0 Å². The Morgan fingerprint density at radius 1 is 1.00 bits per heavy atom. The number of hydrogen-bond donors (Lipinski definition) is 4. The average molecular weight is 239 g/mol. The van der Waals surface area contributed by atoms with Crippen LogP contribution in [0.15, 0.2) is 24.3 Å². The molecule has 0 fully saturated rings. The summed E-state index contributed by atoms with van der Waals surface area (Å²) in [4.78, 5) is 0. The average Bonchev–Trinajstić information content (AvgIpc) is 2.25. The summed E-state index contributed by atoms with van der Waals surface area (Å²) in [6.45, 7) is 6.56. The van der Waals surface area contributed by atoms with Crippen LogP contribution in [0.1, 0.15) is 44.3 Å². The Bertz CT molecular complexity index is 341. The van der Waals surface area contributed by atoms with E-state index in [9.17, 15) is 5.11 Å². The second-order valence-electron chi connectivity index (χ2n) is 5.19. The van der Waals surface area contributed by atoms with E-state index in [1.807, 2.05) is 20.8 Å². The maximum atomic E-state index is 9.93. The van der Waals surface area contributed by atoms with Gasteiger partial charge in [0.1, 0.15) is 0 Å². The molecule has 17 heavy (non-hydrogen) atoms. The van der Waals surface area contributed by atoms with Crippen molar-refractivity contribution in [3.8, 4) is 0 Å². The van der Waals surface area contributed by atoms with Crippen LogP contribution in [0.5, 0.6) is 0 Å². The molecule has 4 N–H and O–H groups in total. The van der Waals surface area contributed by atoms with E-state index in [0.29, 0.717) is 12.1 Å². The molecule has 96 valence electrons. The van der Waals surface area contributed by atoms with Gasteiger partial charge in [-0.2, -0.15) is 0 Å². The second-order valence-corrected chi connectivity index (χ2v) is 5.19. The molecule has 0 amide bonds. The van der Waals surface area contributed by atoms with Gasteiger partial charge in [-0.3, -0.25) is 0 Å². The molecule has 0 radical (unpaired) electrons. The molecule has 0 saturated heterocycles. The summed E-state index contributed by atoms with van der Waals surface area (Å²) < 4.78 is 0. The topological polar surface area (TPSA) is 72.7 Å². The Labute approximate surface area is 102 Å². The Hall–Kier alpha value is -0.940. The smallest absolute Gasteiger partial charge is 0.178 e. The van der Waals surface area contributed by atoms with Crippen molar-refractivity contribution in [1.29, 1.82) is 0 Å². The molecule has 0 aromatic heterocycles. The van der Waals surface area contributed by atoms with Crippen molar-refractivity contribution < 1.29 is 15.3 Å². The van der Waals surface area contributed by atoms with Gasteiger partial charge in [-0.1, -0.05) is 24.3 Å². The lowest BCUT2D eigenvalue weighted by Crippen LogP contribution is -2.38. The monoisotopic (exact) mass is 239 g/mol. The number of benzene rings is 1. The molecular formula is C13H21NO3. The van der Waals surface area contributed by atoms with Gasteiger partial charge in [-0.25, -0.2) is 0 Å². The Morgan fingerprint density at radius 3 is 1.88 bits per heavy atom. The summed E-state index contributed by atoms with van der Waals surface area (Å²) in [7, 11) is 0. The largest absolute Gasteiger partial charge is 0.387 e. The van der Waals surface area contributed by atoms with Crippen molar-refractivity contribution in [2.75, 3.05) is 6.54 Å². The van der Waals surface area contributed by atoms with Crippen molar-refractivity contribution in [1.82, 2.24) is 5.32 Å². The molecule has 0 aliphatic carbocycles. The molecule has 1 aromatic rings. The molecule has 0 saturated carbocycles. The van der Waals surface area contributed by atoms with Crippen LogP contribution < -0.4 is 5.32 Å². The minimum absolute atomic E-state index is 0.0395. The summed E-state index contributed by atoms with van der Waals surface area (Å²) in [5.74, 6) is 0. The van der Waals surface area contributed by atoms with E-state index in [2.05, 4.69) is 5.32 Å². The van der Waals surface area contributed by atoms with E-state index >= 15 is 0 Å². The molecule has 0 unspecified atom stereocenters. The lowest BCUT2D eigenvalue weighted by atomic mass is 10.0. The predicted octanol–water partition coefficient (Wildman–Crippen LogP) is 1.09. The first-order valence-electron chi connectivity index (χ1n) is 5.69. The lowest BCUT2D eigenvalue weighted by Gasteiger charge is -2.23. The fraction of sp³-hybridized carbons (Fsp3) is 0.538. The van der Waals surface area contributed by atoms with Crippen molar-refractivity contribution in [2.24, 2.45) is 0 Å². The highest BCUT2D eigenvalue weighted by molar-refractivity contribution is 5.24. The Balaban J connectivity index is 2.60. The molecule has 4 heteroatoms. The highest BCUT2D eigenvalue weighted by Crippen LogP contribution is 2.16. The molecule has 0 bridgehead atoms. The van der Waals surface area contributed by atoms with Crippen LogP contribution in [0.4, 0.5) is 0 Å². The number of rotatable bonds is 4. The quantitative estimate of drug-likeness (QED) is 0.594. The molecule has 1 atom stereocenters. The molecule has 1 aromatic carbocycles. The zero-order valence-corrected chi connectivity index (χ0v) is 10.5. The van der Waals surface area contributed by atoms with Crippen LogP contribution in [0.25, 0.3) is 0 Å². The first-order valence-corrected chi connectivity index (χ1v) is 5.69. The predicted molar refractivity (Wildman–Crippen MR) is 66.3 cm³/mol. The normalized spacial score (nSPS) is 14.1. The standard InChI is InChI=1S/C13H21NO3/c1-13(2,3)14-8-11(15)9-4-6-10(7-5-9)12(16)17/h4-7,11-12,14-17H,8H2,1-3H3/t11-/m0/s1. The third-order valence-corrected chi connectivity index (χ3v) is 2.45. The van der Waals surface area contributed by atoms with Crippen LogP contribution in [0.2, 0.25) is 0 Å². The molecule has 0 aliphatic heterocycles. The third kappa shape index (κ3) is 4.83. The number of aliphatic hydroxyl groups excluding tert-OH is 2. The first-order chi connectivity index (χ1) is 7.79. The lowest BCUT2D eigenvalue weighted by molar-refractivity contribution is -0.0425. The molecule has 1 rings (SSSR count). The van der Waals surface area contributed by atoms with Gasteiger partial charge in [-0.15, -0.1) is 0 Å². The minimum Gasteiger partial charge on any atom is -0.387 e. The maximum absolute atomic E-state index is 9.93. The second kappa shape index (κ2) is 5.60. The molecule has 0 heterocycles. The van der Waals surface area contributed by atoms with Crippen LogP contribution in [0.3, 0.4) is 0 Å². The molecule has 0 aliphatic rings. The Morgan fingerprint density at radius 2 is 1.47 bits per heavy atom. The number of β-amino-alcohol motifs (C(OH)–C–C–N with tert-alkyl or cyclic N) is 1. The highest BCUT2D eigenvalue weighted by Gasteiger charge is 2.13. The summed E-state index contributed by atoms with van der Waals surface area (Å²) in [5.41, 5.74) is 1.14. The van der Waals surface area contributed by atoms with Gasteiger partial charge < -0.3 is 20.6 Å². The van der Waals surface area contributed by atoms with E-state index in [4.69, 9.17) is 10.2 Å². The first kappa shape index (κ1) is 14.1. The van der Waals surface area contributed by atoms with Crippen molar-refractivity contribution >= 4 is 0 Å². The molecule has 4 nitrogen and oxygen atoms in total. The minimum atomic E-state index is -1.46. The number of hydrogen-bond acceptors (Lipinski definition) is 4. The SMILES string of the molecule is CC(C)(C)NC[C@H](O)c1ccc(C(O)O)cc1. The van der Waals surface area contributed by atoms with E-state index < -0.39 is 12.4 Å². The fourth-order valence-electron chi connectivity index (χ4n) is 1.41.